The zero-order valence-corrected chi connectivity index (χ0v) is 15.0. The average Bonchev–Trinajstić information content (AvgIpc) is 2.55. The molecule has 2 N–H and O–H groups in total. The Hall–Kier alpha value is -1.73. The van der Waals surface area contributed by atoms with Gasteiger partial charge in [-0.3, -0.25) is 9.69 Å². The third-order valence-electron chi connectivity index (χ3n) is 3.92. The van der Waals surface area contributed by atoms with Crippen LogP contribution in [0.2, 0.25) is 0 Å². The van der Waals surface area contributed by atoms with Crippen LogP contribution in [0.5, 0.6) is 0 Å². The van der Waals surface area contributed by atoms with Crippen molar-refractivity contribution in [3.05, 3.63) is 17.6 Å². The van der Waals surface area contributed by atoms with E-state index in [1.165, 1.54) is 0 Å². The minimum atomic E-state index is -0.141. The van der Waals surface area contributed by atoms with Gasteiger partial charge in [-0.05, 0) is 19.3 Å². The summed E-state index contributed by atoms with van der Waals surface area (Å²) >= 11 is 0. The van der Waals surface area contributed by atoms with E-state index in [9.17, 15) is 4.79 Å². The molecule has 134 valence electrons. The normalized spacial score (nSPS) is 15.5. The summed E-state index contributed by atoms with van der Waals surface area (Å²) in [4.78, 5) is 23.2. The van der Waals surface area contributed by atoms with E-state index >= 15 is 0 Å². The van der Waals surface area contributed by atoms with Gasteiger partial charge in [-0.1, -0.05) is 13.8 Å². The highest BCUT2D eigenvalue weighted by Crippen LogP contribution is 2.07. The molecule has 7 heteroatoms. The summed E-state index contributed by atoms with van der Waals surface area (Å²) in [6.07, 6.45) is 0.959. The highest BCUT2D eigenvalue weighted by atomic mass is 16.5. The quantitative estimate of drug-likeness (QED) is 0.746. The van der Waals surface area contributed by atoms with Crippen molar-refractivity contribution in [1.82, 2.24) is 20.2 Å². The molecule has 2 rings (SSSR count). The molecule has 1 aliphatic heterocycles. The first kappa shape index (κ1) is 18.6. The minimum absolute atomic E-state index is 0.141. The van der Waals surface area contributed by atoms with E-state index < -0.39 is 0 Å². The topological polar surface area (TPSA) is 79.4 Å². The maximum absolute atomic E-state index is 12.2. The zero-order valence-electron chi connectivity index (χ0n) is 15.0. The second kappa shape index (κ2) is 9.54. The maximum Gasteiger partial charge on any atom is 0.270 e. The number of aryl methyl sites for hydroxylation is 1. The lowest BCUT2D eigenvalue weighted by Gasteiger charge is -2.26. The van der Waals surface area contributed by atoms with E-state index in [1.54, 1.807) is 13.0 Å². The third kappa shape index (κ3) is 6.41. The monoisotopic (exact) mass is 335 g/mol. The van der Waals surface area contributed by atoms with Crippen molar-refractivity contribution >= 4 is 11.7 Å². The molecule has 0 aliphatic carbocycles. The summed E-state index contributed by atoms with van der Waals surface area (Å²) < 4.78 is 5.34. The first-order chi connectivity index (χ1) is 11.5. The molecule has 0 spiro atoms. The molecule has 0 bridgehead atoms. The first-order valence-corrected chi connectivity index (χ1v) is 8.72. The summed E-state index contributed by atoms with van der Waals surface area (Å²) in [5.74, 6) is 1.72. The summed E-state index contributed by atoms with van der Waals surface area (Å²) in [6.45, 7) is 12.0. The van der Waals surface area contributed by atoms with E-state index in [0.717, 1.165) is 45.8 Å². The number of amides is 1. The standard InChI is InChI=1S/C17H29N5O2/c1-13(2)4-5-19-17(23)15-12-16(21-14(3)20-15)18-6-7-22-8-10-24-11-9-22/h12-13H,4-11H2,1-3H3,(H,19,23)(H,18,20,21). The Morgan fingerprint density at radius 3 is 2.75 bits per heavy atom. The number of anilines is 1. The Morgan fingerprint density at radius 2 is 2.04 bits per heavy atom. The van der Waals surface area contributed by atoms with Gasteiger partial charge in [-0.2, -0.15) is 0 Å². The third-order valence-corrected chi connectivity index (χ3v) is 3.92. The van der Waals surface area contributed by atoms with Gasteiger partial charge < -0.3 is 15.4 Å². The minimum Gasteiger partial charge on any atom is -0.379 e. The largest absolute Gasteiger partial charge is 0.379 e. The van der Waals surface area contributed by atoms with Crippen molar-refractivity contribution in [1.29, 1.82) is 0 Å². The maximum atomic E-state index is 12.2. The van der Waals surface area contributed by atoms with Gasteiger partial charge in [0.05, 0.1) is 13.2 Å². The van der Waals surface area contributed by atoms with Gasteiger partial charge in [-0.15, -0.1) is 0 Å². The summed E-state index contributed by atoms with van der Waals surface area (Å²) in [5.41, 5.74) is 0.417. The molecule has 1 saturated heterocycles. The number of carbonyl (C=O) groups excluding carboxylic acids is 1. The second-order valence-corrected chi connectivity index (χ2v) is 6.50. The Bertz CT molecular complexity index is 530. The Balaban J connectivity index is 1.84. The average molecular weight is 335 g/mol. The Morgan fingerprint density at radius 1 is 1.29 bits per heavy atom. The Kier molecular flexibility index (Phi) is 7.39. The number of morpholine rings is 1. The van der Waals surface area contributed by atoms with Crippen molar-refractivity contribution in [2.75, 3.05) is 51.3 Å². The van der Waals surface area contributed by atoms with E-state index in [0.29, 0.717) is 29.8 Å². The predicted octanol–water partition coefficient (Wildman–Crippen LogP) is 1.31. The van der Waals surface area contributed by atoms with Gasteiger partial charge in [0.1, 0.15) is 17.3 Å². The van der Waals surface area contributed by atoms with E-state index in [-0.39, 0.29) is 5.91 Å². The molecule has 1 amide bonds. The van der Waals surface area contributed by atoms with Gasteiger partial charge in [0.2, 0.25) is 0 Å². The highest BCUT2D eigenvalue weighted by molar-refractivity contribution is 5.92. The second-order valence-electron chi connectivity index (χ2n) is 6.50. The van der Waals surface area contributed by atoms with Crippen molar-refractivity contribution in [3.8, 4) is 0 Å². The van der Waals surface area contributed by atoms with Gasteiger partial charge in [-0.25, -0.2) is 9.97 Å². The lowest BCUT2D eigenvalue weighted by molar-refractivity contribution is 0.0398. The van der Waals surface area contributed by atoms with Crippen LogP contribution in [0.25, 0.3) is 0 Å². The number of hydrogen-bond acceptors (Lipinski definition) is 6. The summed E-state index contributed by atoms with van der Waals surface area (Å²) in [5, 5.41) is 6.20. The molecule has 1 aromatic rings. The molecule has 0 aromatic carbocycles. The van der Waals surface area contributed by atoms with Crippen molar-refractivity contribution in [3.63, 3.8) is 0 Å². The number of nitrogens with one attached hydrogen (secondary N) is 2. The molecule has 0 atom stereocenters. The molecule has 0 saturated carbocycles. The van der Waals surface area contributed by atoms with Crippen molar-refractivity contribution in [2.45, 2.75) is 27.2 Å². The molecule has 7 nitrogen and oxygen atoms in total. The van der Waals surface area contributed by atoms with Crippen LogP contribution in [0, 0.1) is 12.8 Å². The smallest absolute Gasteiger partial charge is 0.270 e. The highest BCUT2D eigenvalue weighted by Gasteiger charge is 2.12. The lowest BCUT2D eigenvalue weighted by Crippen LogP contribution is -2.39. The first-order valence-electron chi connectivity index (χ1n) is 8.72. The molecular formula is C17H29N5O2. The lowest BCUT2D eigenvalue weighted by atomic mass is 10.1. The molecule has 1 aliphatic rings. The SMILES string of the molecule is Cc1nc(NCCN2CCOCC2)cc(C(=O)NCCC(C)C)n1. The van der Waals surface area contributed by atoms with Gasteiger partial charge in [0, 0.05) is 38.8 Å². The van der Waals surface area contributed by atoms with E-state index in [4.69, 9.17) is 4.74 Å². The summed E-state index contributed by atoms with van der Waals surface area (Å²) in [6, 6.07) is 1.72. The van der Waals surface area contributed by atoms with Gasteiger partial charge in [0.15, 0.2) is 0 Å². The molecule has 0 radical (unpaired) electrons. The van der Waals surface area contributed by atoms with Crippen LogP contribution in [-0.4, -0.2) is 66.7 Å². The van der Waals surface area contributed by atoms with Crippen molar-refractivity contribution in [2.24, 2.45) is 5.92 Å². The number of ether oxygens (including phenoxy) is 1. The summed E-state index contributed by atoms with van der Waals surface area (Å²) in [7, 11) is 0. The fraction of sp³-hybridized carbons (Fsp3) is 0.706. The number of hydrogen-bond donors (Lipinski definition) is 2. The number of nitrogens with zero attached hydrogens (tertiary/aromatic N) is 3. The van der Waals surface area contributed by atoms with E-state index in [1.807, 2.05) is 0 Å². The molecule has 2 heterocycles. The number of carbonyl (C=O) groups is 1. The molecule has 24 heavy (non-hydrogen) atoms. The zero-order chi connectivity index (χ0) is 17.4. The fourth-order valence-corrected chi connectivity index (χ4v) is 2.51. The fourth-order valence-electron chi connectivity index (χ4n) is 2.51. The van der Waals surface area contributed by atoms with E-state index in [2.05, 4.69) is 39.3 Å². The van der Waals surface area contributed by atoms with Crippen LogP contribution in [-0.2, 0) is 4.74 Å². The van der Waals surface area contributed by atoms with Crippen LogP contribution < -0.4 is 10.6 Å². The number of rotatable bonds is 8. The molecular weight excluding hydrogens is 306 g/mol. The van der Waals surface area contributed by atoms with Gasteiger partial charge in [0.25, 0.3) is 5.91 Å². The molecule has 0 unspecified atom stereocenters. The predicted molar refractivity (Wildman–Crippen MR) is 94.3 cm³/mol. The van der Waals surface area contributed by atoms with Crippen LogP contribution in [0.15, 0.2) is 6.07 Å². The van der Waals surface area contributed by atoms with Crippen LogP contribution in [0.3, 0.4) is 0 Å². The van der Waals surface area contributed by atoms with Crippen molar-refractivity contribution < 1.29 is 9.53 Å². The van der Waals surface area contributed by atoms with Crippen LogP contribution in [0.4, 0.5) is 5.82 Å². The van der Waals surface area contributed by atoms with Crippen LogP contribution in [0.1, 0.15) is 36.6 Å². The Labute approximate surface area is 144 Å². The van der Waals surface area contributed by atoms with Gasteiger partial charge >= 0.3 is 0 Å². The molecule has 1 fully saturated rings. The molecule has 1 aromatic heterocycles. The number of aromatic nitrogens is 2. The van der Waals surface area contributed by atoms with Crippen LogP contribution >= 0.6 is 0 Å².